The molecule has 0 N–H and O–H groups in total. The van der Waals surface area contributed by atoms with Crippen molar-refractivity contribution in [3.05, 3.63) is 57.0 Å². The van der Waals surface area contributed by atoms with Crippen LogP contribution in [0.15, 0.2) is 40.9 Å². The zero-order valence-electron chi connectivity index (χ0n) is 9.61. The molecule has 2 aromatic rings. The van der Waals surface area contributed by atoms with Crippen LogP contribution < -0.4 is 4.74 Å². The van der Waals surface area contributed by atoms with Crippen molar-refractivity contribution in [2.45, 2.75) is 6.92 Å². The molecule has 2 nitrogen and oxygen atoms in total. The van der Waals surface area contributed by atoms with Crippen LogP contribution in [0.3, 0.4) is 0 Å². The Morgan fingerprint density at radius 2 is 1.94 bits per heavy atom. The molecule has 0 radical (unpaired) electrons. The average molecular weight is 326 g/mol. The number of benzene rings is 2. The molecular weight excluding hydrogens is 316 g/mol. The number of rotatable bonds is 3. The van der Waals surface area contributed by atoms with E-state index in [0.717, 1.165) is 16.3 Å². The van der Waals surface area contributed by atoms with Gasteiger partial charge in [-0.25, -0.2) is 0 Å². The van der Waals surface area contributed by atoms with E-state index in [-0.39, 0.29) is 0 Å². The van der Waals surface area contributed by atoms with Crippen molar-refractivity contribution in [1.82, 2.24) is 0 Å². The smallest absolute Gasteiger partial charge is 0.153 e. The van der Waals surface area contributed by atoms with Crippen molar-refractivity contribution in [2.24, 2.45) is 0 Å². The maximum atomic E-state index is 11.0. The molecule has 0 aliphatic heterocycles. The second-order valence-electron chi connectivity index (χ2n) is 3.81. The van der Waals surface area contributed by atoms with Gasteiger partial charge in [0.1, 0.15) is 11.5 Å². The zero-order chi connectivity index (χ0) is 13.1. The molecule has 0 atom stereocenters. The molecule has 2 aromatic carbocycles. The Morgan fingerprint density at radius 1 is 1.17 bits per heavy atom. The van der Waals surface area contributed by atoms with Crippen LogP contribution in [0.25, 0.3) is 0 Å². The fourth-order valence-corrected chi connectivity index (χ4v) is 2.00. The Morgan fingerprint density at radius 3 is 2.67 bits per heavy atom. The third kappa shape index (κ3) is 2.92. The molecule has 0 saturated carbocycles. The summed E-state index contributed by atoms with van der Waals surface area (Å²) in [5.74, 6) is 1.15. The van der Waals surface area contributed by atoms with Gasteiger partial charge in [0.15, 0.2) is 6.29 Å². The first-order valence-corrected chi connectivity index (χ1v) is 6.46. The SMILES string of the molecule is Cc1ccc(Cl)cc1Oc1cc(Br)ccc1C=O. The minimum Gasteiger partial charge on any atom is -0.456 e. The minimum absolute atomic E-state index is 0.498. The fourth-order valence-electron chi connectivity index (χ4n) is 1.50. The van der Waals surface area contributed by atoms with Gasteiger partial charge >= 0.3 is 0 Å². The first-order valence-electron chi connectivity index (χ1n) is 5.29. The molecule has 0 aliphatic rings. The number of aryl methyl sites for hydroxylation is 1. The van der Waals surface area contributed by atoms with Gasteiger partial charge in [-0.2, -0.15) is 0 Å². The molecule has 0 aromatic heterocycles. The van der Waals surface area contributed by atoms with Crippen molar-refractivity contribution in [3.63, 3.8) is 0 Å². The Kier molecular flexibility index (Phi) is 4.04. The highest BCUT2D eigenvalue weighted by molar-refractivity contribution is 9.10. The molecule has 92 valence electrons. The van der Waals surface area contributed by atoms with Gasteiger partial charge in [-0.15, -0.1) is 0 Å². The quantitative estimate of drug-likeness (QED) is 0.741. The van der Waals surface area contributed by atoms with E-state index in [1.807, 2.05) is 13.0 Å². The van der Waals surface area contributed by atoms with E-state index in [1.54, 1.807) is 30.3 Å². The number of aldehydes is 1. The third-order valence-corrected chi connectivity index (χ3v) is 3.20. The molecule has 0 heterocycles. The van der Waals surface area contributed by atoms with E-state index < -0.39 is 0 Å². The molecule has 0 spiro atoms. The van der Waals surface area contributed by atoms with Gasteiger partial charge in [-0.3, -0.25) is 4.79 Å². The Bertz CT molecular complexity index is 596. The van der Waals surface area contributed by atoms with Crippen LogP contribution in [0.2, 0.25) is 5.02 Å². The van der Waals surface area contributed by atoms with Crippen LogP contribution in [0.5, 0.6) is 11.5 Å². The van der Waals surface area contributed by atoms with E-state index in [4.69, 9.17) is 16.3 Å². The lowest BCUT2D eigenvalue weighted by Gasteiger charge is -2.11. The summed E-state index contributed by atoms with van der Waals surface area (Å²) >= 11 is 9.28. The first-order chi connectivity index (χ1) is 8.60. The number of ether oxygens (including phenoxy) is 1. The summed E-state index contributed by atoms with van der Waals surface area (Å²) in [6.45, 7) is 1.92. The molecule has 18 heavy (non-hydrogen) atoms. The highest BCUT2D eigenvalue weighted by Gasteiger charge is 2.07. The van der Waals surface area contributed by atoms with Gasteiger partial charge in [-0.05, 0) is 42.8 Å². The predicted octanol–water partition coefficient (Wildman–Crippen LogP) is 5.02. The van der Waals surface area contributed by atoms with Crippen molar-refractivity contribution in [1.29, 1.82) is 0 Å². The second-order valence-corrected chi connectivity index (χ2v) is 5.16. The van der Waals surface area contributed by atoms with Crippen LogP contribution in [0.4, 0.5) is 0 Å². The molecular formula is C14H10BrClO2. The summed E-state index contributed by atoms with van der Waals surface area (Å²) < 4.78 is 6.60. The van der Waals surface area contributed by atoms with Gasteiger partial charge in [-0.1, -0.05) is 33.6 Å². The molecule has 0 aliphatic carbocycles. The monoisotopic (exact) mass is 324 g/mol. The van der Waals surface area contributed by atoms with E-state index in [1.165, 1.54) is 0 Å². The summed E-state index contributed by atoms with van der Waals surface area (Å²) in [6, 6.07) is 10.6. The second kappa shape index (κ2) is 5.55. The largest absolute Gasteiger partial charge is 0.456 e. The highest BCUT2D eigenvalue weighted by atomic mass is 79.9. The number of hydrogen-bond acceptors (Lipinski definition) is 2. The molecule has 0 unspecified atom stereocenters. The predicted molar refractivity (Wildman–Crippen MR) is 75.8 cm³/mol. The molecule has 0 fully saturated rings. The van der Waals surface area contributed by atoms with Crippen LogP contribution in [-0.4, -0.2) is 6.29 Å². The van der Waals surface area contributed by atoms with Crippen LogP contribution in [-0.2, 0) is 0 Å². The highest BCUT2D eigenvalue weighted by Crippen LogP contribution is 2.31. The van der Waals surface area contributed by atoms with Crippen LogP contribution in [0, 0.1) is 6.92 Å². The van der Waals surface area contributed by atoms with Crippen LogP contribution in [0.1, 0.15) is 15.9 Å². The van der Waals surface area contributed by atoms with Gasteiger partial charge in [0.05, 0.1) is 5.56 Å². The number of halogens is 2. The van der Waals surface area contributed by atoms with Gasteiger partial charge in [0, 0.05) is 9.50 Å². The fraction of sp³-hybridized carbons (Fsp3) is 0.0714. The van der Waals surface area contributed by atoms with E-state index in [2.05, 4.69) is 15.9 Å². The summed E-state index contributed by atoms with van der Waals surface area (Å²) in [5.41, 5.74) is 1.45. The van der Waals surface area contributed by atoms with Crippen molar-refractivity contribution < 1.29 is 9.53 Å². The first kappa shape index (κ1) is 13.1. The van der Waals surface area contributed by atoms with E-state index in [9.17, 15) is 4.79 Å². The molecule has 0 amide bonds. The van der Waals surface area contributed by atoms with E-state index in [0.29, 0.717) is 22.1 Å². The lowest BCUT2D eigenvalue weighted by Crippen LogP contribution is -1.92. The molecule has 4 heteroatoms. The molecule has 0 bridgehead atoms. The summed E-state index contributed by atoms with van der Waals surface area (Å²) in [6.07, 6.45) is 0.766. The third-order valence-electron chi connectivity index (χ3n) is 2.47. The summed E-state index contributed by atoms with van der Waals surface area (Å²) in [7, 11) is 0. The Balaban J connectivity index is 2.41. The maximum Gasteiger partial charge on any atom is 0.153 e. The Labute approximate surface area is 119 Å². The number of hydrogen-bond donors (Lipinski definition) is 0. The molecule has 0 saturated heterocycles. The maximum absolute atomic E-state index is 11.0. The lowest BCUT2D eigenvalue weighted by atomic mass is 10.2. The standard InChI is InChI=1S/C14H10BrClO2/c1-9-2-5-12(16)7-13(9)18-14-6-11(15)4-3-10(14)8-17/h2-8H,1H3. The number of carbonyl (C=O) groups is 1. The Hall–Kier alpha value is -1.32. The summed E-state index contributed by atoms with van der Waals surface area (Å²) in [4.78, 5) is 11.0. The summed E-state index contributed by atoms with van der Waals surface area (Å²) in [5, 5.41) is 0.596. The average Bonchev–Trinajstić information content (AvgIpc) is 2.34. The van der Waals surface area contributed by atoms with Crippen molar-refractivity contribution in [3.8, 4) is 11.5 Å². The lowest BCUT2D eigenvalue weighted by molar-refractivity contribution is 0.112. The number of carbonyl (C=O) groups excluding carboxylic acids is 1. The van der Waals surface area contributed by atoms with Crippen molar-refractivity contribution in [2.75, 3.05) is 0 Å². The normalized spacial score (nSPS) is 10.2. The molecule has 2 rings (SSSR count). The van der Waals surface area contributed by atoms with Gasteiger partial charge < -0.3 is 4.74 Å². The van der Waals surface area contributed by atoms with Crippen molar-refractivity contribution >= 4 is 33.8 Å². The van der Waals surface area contributed by atoms with Gasteiger partial charge in [0.25, 0.3) is 0 Å². The minimum atomic E-state index is 0.498. The van der Waals surface area contributed by atoms with E-state index >= 15 is 0 Å². The zero-order valence-corrected chi connectivity index (χ0v) is 12.0. The van der Waals surface area contributed by atoms with Gasteiger partial charge in [0.2, 0.25) is 0 Å². The topological polar surface area (TPSA) is 26.3 Å². The van der Waals surface area contributed by atoms with Crippen LogP contribution >= 0.6 is 27.5 Å².